The van der Waals surface area contributed by atoms with Gasteiger partial charge in [-0.2, -0.15) is 0 Å². The number of nitrogens with zero attached hydrogens (tertiary/aromatic N) is 2. The number of carbonyl (C=O) groups excluding carboxylic acids is 1. The molecule has 1 N–H and O–H groups in total. The fourth-order valence-corrected chi connectivity index (χ4v) is 3.31. The van der Waals surface area contributed by atoms with E-state index in [1.54, 1.807) is 36.6 Å². The predicted octanol–water partition coefficient (Wildman–Crippen LogP) is 3.70. The van der Waals surface area contributed by atoms with Gasteiger partial charge >= 0.3 is 5.97 Å². The number of ether oxygens (including phenoxy) is 1. The number of carbonyl (C=O) groups is 2. The maximum atomic E-state index is 12.1. The maximum Gasteiger partial charge on any atom is 0.303 e. The largest absolute Gasteiger partial charge is 0.486 e. The molecule has 3 rings (SSSR count). The number of carboxylic acids is 1. The van der Waals surface area contributed by atoms with Crippen LogP contribution in [0.4, 0.5) is 5.69 Å². The molecule has 0 bridgehead atoms. The fourth-order valence-electron chi connectivity index (χ4n) is 2.43. The average molecular weight is 370 g/mol. The molecule has 134 valence electrons. The first-order chi connectivity index (χ1) is 12.5. The minimum atomic E-state index is -0.986. The summed E-state index contributed by atoms with van der Waals surface area (Å²) in [4.78, 5) is 28.6. The summed E-state index contributed by atoms with van der Waals surface area (Å²) in [6, 6.07) is 15.1. The first kappa shape index (κ1) is 17.9. The third-order valence-corrected chi connectivity index (χ3v) is 4.84. The molecule has 0 radical (unpaired) electrons. The van der Waals surface area contributed by atoms with Crippen molar-refractivity contribution in [3.05, 3.63) is 53.5 Å². The molecule has 7 heteroatoms. The Balaban J connectivity index is 1.65. The van der Waals surface area contributed by atoms with Gasteiger partial charge in [-0.25, -0.2) is 4.98 Å². The van der Waals surface area contributed by atoms with E-state index in [-0.39, 0.29) is 18.7 Å². The predicted molar refractivity (Wildman–Crippen MR) is 101 cm³/mol. The molecule has 0 saturated carbocycles. The van der Waals surface area contributed by atoms with Crippen molar-refractivity contribution in [3.63, 3.8) is 0 Å². The third kappa shape index (κ3) is 4.37. The number of anilines is 1. The standard InChI is InChI=1S/C19H18N2O4S/c1-21(18(22)9-10-19(23)24)13-5-4-6-14(11-13)25-12-17-20-15-7-2-3-8-16(15)26-17/h2-8,11H,9-10,12H2,1H3,(H,23,24). The van der Waals surface area contributed by atoms with E-state index in [9.17, 15) is 9.59 Å². The van der Waals surface area contributed by atoms with E-state index in [1.165, 1.54) is 4.90 Å². The third-order valence-electron chi connectivity index (χ3n) is 3.83. The molecule has 1 heterocycles. The van der Waals surface area contributed by atoms with Gasteiger partial charge in [0.25, 0.3) is 0 Å². The second-order valence-electron chi connectivity index (χ2n) is 5.71. The summed E-state index contributed by atoms with van der Waals surface area (Å²) in [5.74, 6) is -0.616. The molecule has 6 nitrogen and oxygen atoms in total. The Kier molecular flexibility index (Phi) is 5.48. The Morgan fingerprint density at radius 1 is 1.15 bits per heavy atom. The molecule has 0 aliphatic heterocycles. The minimum Gasteiger partial charge on any atom is -0.486 e. The van der Waals surface area contributed by atoms with E-state index in [4.69, 9.17) is 9.84 Å². The number of aromatic nitrogens is 1. The van der Waals surface area contributed by atoms with Gasteiger partial charge in [-0.05, 0) is 24.3 Å². The van der Waals surface area contributed by atoms with E-state index in [0.29, 0.717) is 18.0 Å². The van der Waals surface area contributed by atoms with Crippen LogP contribution in [-0.4, -0.2) is 29.0 Å². The van der Waals surface area contributed by atoms with E-state index < -0.39 is 5.97 Å². The van der Waals surface area contributed by atoms with Crippen LogP contribution in [-0.2, 0) is 16.2 Å². The van der Waals surface area contributed by atoms with Crippen LogP contribution in [0.3, 0.4) is 0 Å². The monoisotopic (exact) mass is 370 g/mol. The van der Waals surface area contributed by atoms with Crippen molar-refractivity contribution < 1.29 is 19.4 Å². The highest BCUT2D eigenvalue weighted by atomic mass is 32.1. The Hall–Kier alpha value is -2.93. The highest BCUT2D eigenvalue weighted by Crippen LogP contribution is 2.25. The summed E-state index contributed by atoms with van der Waals surface area (Å²) in [7, 11) is 1.62. The second-order valence-corrected chi connectivity index (χ2v) is 6.82. The van der Waals surface area contributed by atoms with Crippen LogP contribution in [0.5, 0.6) is 5.75 Å². The van der Waals surface area contributed by atoms with Crippen LogP contribution in [0.2, 0.25) is 0 Å². The van der Waals surface area contributed by atoms with Crippen molar-refractivity contribution in [2.24, 2.45) is 0 Å². The van der Waals surface area contributed by atoms with E-state index in [1.807, 2.05) is 30.3 Å². The smallest absolute Gasteiger partial charge is 0.303 e. The molecule has 0 fully saturated rings. The first-order valence-electron chi connectivity index (χ1n) is 8.08. The molecule has 0 spiro atoms. The van der Waals surface area contributed by atoms with Gasteiger partial charge in [-0.3, -0.25) is 9.59 Å². The van der Waals surface area contributed by atoms with Crippen LogP contribution in [0.25, 0.3) is 10.2 Å². The molecule has 26 heavy (non-hydrogen) atoms. The summed E-state index contributed by atoms with van der Waals surface area (Å²) in [5.41, 5.74) is 1.61. The lowest BCUT2D eigenvalue weighted by atomic mass is 10.2. The molecular weight excluding hydrogens is 352 g/mol. The number of rotatable bonds is 7. The van der Waals surface area contributed by atoms with Crippen LogP contribution in [0.1, 0.15) is 17.8 Å². The van der Waals surface area contributed by atoms with Crippen LogP contribution < -0.4 is 9.64 Å². The van der Waals surface area contributed by atoms with Crippen molar-refractivity contribution in [1.29, 1.82) is 0 Å². The van der Waals surface area contributed by atoms with Gasteiger partial charge in [0.2, 0.25) is 5.91 Å². The highest BCUT2D eigenvalue weighted by molar-refractivity contribution is 7.18. The van der Waals surface area contributed by atoms with Crippen LogP contribution in [0.15, 0.2) is 48.5 Å². The summed E-state index contributed by atoms with van der Waals surface area (Å²) in [6.07, 6.45) is -0.223. The van der Waals surface area contributed by atoms with Crippen molar-refractivity contribution in [3.8, 4) is 5.75 Å². The number of fused-ring (bicyclic) bond motifs is 1. The van der Waals surface area contributed by atoms with Gasteiger partial charge in [0.1, 0.15) is 17.4 Å². The van der Waals surface area contributed by atoms with Gasteiger partial charge in [0.15, 0.2) is 0 Å². The number of carboxylic acid groups (broad SMARTS) is 1. The van der Waals surface area contributed by atoms with Crippen LogP contribution in [0, 0.1) is 0 Å². The average Bonchev–Trinajstić information content (AvgIpc) is 3.07. The molecule has 2 aromatic carbocycles. The zero-order chi connectivity index (χ0) is 18.5. The first-order valence-corrected chi connectivity index (χ1v) is 8.90. The number of benzene rings is 2. The summed E-state index contributed by atoms with van der Waals surface area (Å²) < 4.78 is 6.92. The van der Waals surface area contributed by atoms with Crippen LogP contribution >= 0.6 is 11.3 Å². The molecule has 0 unspecified atom stereocenters. The van der Waals surface area contributed by atoms with Gasteiger partial charge in [-0.1, -0.05) is 18.2 Å². The highest BCUT2D eigenvalue weighted by Gasteiger charge is 2.13. The molecule has 0 saturated heterocycles. The number of thiazole rings is 1. The summed E-state index contributed by atoms with van der Waals surface area (Å²) in [6.45, 7) is 0.347. The number of hydrogen-bond acceptors (Lipinski definition) is 5. The Labute approximate surface area is 154 Å². The second kappa shape index (κ2) is 7.97. The molecule has 0 atom stereocenters. The van der Waals surface area contributed by atoms with E-state index in [0.717, 1.165) is 15.2 Å². The molecule has 1 amide bonds. The molecule has 3 aromatic rings. The Bertz CT molecular complexity index is 905. The molecule has 0 aliphatic rings. The molecule has 1 aromatic heterocycles. The topological polar surface area (TPSA) is 79.7 Å². The zero-order valence-electron chi connectivity index (χ0n) is 14.2. The van der Waals surface area contributed by atoms with E-state index in [2.05, 4.69) is 4.98 Å². The van der Waals surface area contributed by atoms with Crippen molar-refractivity contribution >= 4 is 39.1 Å². The molecular formula is C19H18N2O4S. The van der Waals surface area contributed by atoms with Crippen molar-refractivity contribution in [2.75, 3.05) is 11.9 Å². The van der Waals surface area contributed by atoms with Gasteiger partial charge < -0.3 is 14.7 Å². The lowest BCUT2D eigenvalue weighted by Gasteiger charge is -2.17. The lowest BCUT2D eigenvalue weighted by Crippen LogP contribution is -2.26. The lowest BCUT2D eigenvalue weighted by molar-refractivity contribution is -0.138. The summed E-state index contributed by atoms with van der Waals surface area (Å²) in [5, 5.41) is 9.57. The Morgan fingerprint density at radius 2 is 1.96 bits per heavy atom. The van der Waals surface area contributed by atoms with Crippen molar-refractivity contribution in [1.82, 2.24) is 4.98 Å². The number of para-hydroxylation sites is 1. The zero-order valence-corrected chi connectivity index (χ0v) is 15.0. The molecule has 0 aliphatic carbocycles. The minimum absolute atomic E-state index is 0.0391. The van der Waals surface area contributed by atoms with E-state index >= 15 is 0 Å². The quantitative estimate of drug-likeness (QED) is 0.686. The number of aliphatic carboxylic acids is 1. The fraction of sp³-hybridized carbons (Fsp3) is 0.211. The number of amides is 1. The number of hydrogen-bond donors (Lipinski definition) is 1. The normalized spacial score (nSPS) is 10.7. The summed E-state index contributed by atoms with van der Waals surface area (Å²) >= 11 is 1.58. The van der Waals surface area contributed by atoms with Gasteiger partial charge in [0.05, 0.1) is 16.6 Å². The SMILES string of the molecule is CN(C(=O)CCC(=O)O)c1cccc(OCc2nc3ccccc3s2)c1. The maximum absolute atomic E-state index is 12.1. The van der Waals surface area contributed by atoms with Crippen molar-refractivity contribution in [2.45, 2.75) is 19.4 Å². The van der Waals surface area contributed by atoms with Gasteiger partial charge in [-0.15, -0.1) is 11.3 Å². The van der Waals surface area contributed by atoms with Gasteiger partial charge in [0, 0.05) is 25.2 Å². The Morgan fingerprint density at radius 3 is 2.73 bits per heavy atom.